The van der Waals surface area contributed by atoms with E-state index in [1.807, 2.05) is 0 Å². The Balaban J connectivity index is 1.48. The number of rotatable bonds is 7. The molecule has 0 spiro atoms. The quantitative estimate of drug-likeness (QED) is 0.394. The molecule has 2 heterocycles. The molecule has 35 heavy (non-hydrogen) atoms. The van der Waals surface area contributed by atoms with Crippen molar-refractivity contribution >= 4 is 27.5 Å². The molecule has 11 heteroatoms. The molecule has 1 saturated heterocycles. The molecule has 1 N–H and O–H groups in total. The number of amides is 2. The fourth-order valence-corrected chi connectivity index (χ4v) is 5.04. The number of hydrogen-bond donors (Lipinski definition) is 1. The van der Waals surface area contributed by atoms with Crippen LogP contribution in [0.15, 0.2) is 71.9 Å². The molecular formula is C24H22FN3O6S. The smallest absolute Gasteiger partial charge is 0.414 e. The highest BCUT2D eigenvalue weighted by Gasteiger charge is 2.32. The number of benzene rings is 2. The van der Waals surface area contributed by atoms with E-state index in [-0.39, 0.29) is 35.2 Å². The maximum absolute atomic E-state index is 14.9. The Morgan fingerprint density at radius 2 is 1.86 bits per heavy atom. The van der Waals surface area contributed by atoms with Gasteiger partial charge in [-0.15, -0.1) is 0 Å². The van der Waals surface area contributed by atoms with Crippen LogP contribution in [0.2, 0.25) is 0 Å². The van der Waals surface area contributed by atoms with Crippen LogP contribution in [0.25, 0.3) is 11.1 Å². The summed E-state index contributed by atoms with van der Waals surface area (Å²) in [5.74, 6) is -1.11. The molecule has 3 aromatic rings. The molecule has 0 unspecified atom stereocenters. The molecule has 1 aromatic heterocycles. The average molecular weight is 500 g/mol. The molecule has 0 radical (unpaired) electrons. The summed E-state index contributed by atoms with van der Waals surface area (Å²) in [6.45, 7) is 1.69. The van der Waals surface area contributed by atoms with Gasteiger partial charge in [-0.2, -0.15) is 4.73 Å². The molecule has 1 fully saturated rings. The van der Waals surface area contributed by atoms with Gasteiger partial charge in [-0.3, -0.25) is 9.69 Å². The molecule has 1 atom stereocenters. The fourth-order valence-electron chi connectivity index (χ4n) is 3.69. The summed E-state index contributed by atoms with van der Waals surface area (Å²) in [6.07, 6.45) is 1.28. The van der Waals surface area contributed by atoms with Gasteiger partial charge in [0.25, 0.3) is 0 Å². The third-order valence-electron chi connectivity index (χ3n) is 5.47. The Kier molecular flexibility index (Phi) is 6.70. The van der Waals surface area contributed by atoms with Crippen molar-refractivity contribution in [1.29, 1.82) is 0 Å². The van der Waals surface area contributed by atoms with Crippen molar-refractivity contribution in [3.63, 3.8) is 0 Å². The summed E-state index contributed by atoms with van der Waals surface area (Å²) >= 11 is 0. The van der Waals surface area contributed by atoms with E-state index in [4.69, 9.17) is 4.74 Å². The van der Waals surface area contributed by atoms with Gasteiger partial charge in [0.15, 0.2) is 22.2 Å². The number of pyridine rings is 1. The van der Waals surface area contributed by atoms with E-state index in [1.54, 1.807) is 6.07 Å². The van der Waals surface area contributed by atoms with Gasteiger partial charge in [0.2, 0.25) is 5.91 Å². The summed E-state index contributed by atoms with van der Waals surface area (Å²) in [4.78, 5) is 24.6. The number of nitrogens with zero attached hydrogens (tertiary/aromatic N) is 2. The van der Waals surface area contributed by atoms with Crippen molar-refractivity contribution in [2.24, 2.45) is 0 Å². The van der Waals surface area contributed by atoms with Gasteiger partial charge < -0.3 is 15.3 Å². The Hall–Kier alpha value is -3.99. The Morgan fingerprint density at radius 1 is 1.17 bits per heavy atom. The first kappa shape index (κ1) is 24.1. The summed E-state index contributed by atoms with van der Waals surface area (Å²) in [7, 11) is -3.66. The van der Waals surface area contributed by atoms with Crippen LogP contribution in [0.3, 0.4) is 0 Å². The van der Waals surface area contributed by atoms with Crippen LogP contribution in [0.1, 0.15) is 12.5 Å². The SMILES string of the molecule is CC(=O)NC[C@H]1CN(c2ccc(-c3ccc(S(=O)(=O)Cc4cc[n+]([O-])cc4)cc3)c(F)c2)C(=O)O1. The topological polar surface area (TPSA) is 120 Å². The first-order chi connectivity index (χ1) is 16.6. The minimum Gasteiger partial charge on any atom is -0.619 e. The van der Waals surface area contributed by atoms with Crippen molar-refractivity contribution in [3.05, 3.63) is 83.6 Å². The van der Waals surface area contributed by atoms with Crippen molar-refractivity contribution in [1.82, 2.24) is 5.32 Å². The number of ether oxygens (including phenoxy) is 1. The van der Waals surface area contributed by atoms with Crippen LogP contribution in [0, 0.1) is 11.0 Å². The number of anilines is 1. The van der Waals surface area contributed by atoms with E-state index in [2.05, 4.69) is 5.32 Å². The van der Waals surface area contributed by atoms with Crippen molar-refractivity contribution < 1.29 is 31.9 Å². The average Bonchev–Trinajstić information content (AvgIpc) is 3.19. The lowest BCUT2D eigenvalue weighted by molar-refractivity contribution is -0.605. The second-order valence-corrected chi connectivity index (χ2v) is 10.1. The zero-order valence-electron chi connectivity index (χ0n) is 18.7. The van der Waals surface area contributed by atoms with Crippen molar-refractivity contribution in [3.8, 4) is 11.1 Å². The van der Waals surface area contributed by atoms with E-state index >= 15 is 0 Å². The molecule has 1 aliphatic heterocycles. The monoisotopic (exact) mass is 499 g/mol. The number of hydrogen-bond acceptors (Lipinski definition) is 6. The van der Waals surface area contributed by atoms with Gasteiger partial charge in [0, 0.05) is 24.6 Å². The number of cyclic esters (lactones) is 1. The zero-order chi connectivity index (χ0) is 25.2. The Labute approximate surface area is 201 Å². The normalized spacial score (nSPS) is 15.7. The minimum atomic E-state index is -3.66. The predicted octanol–water partition coefficient (Wildman–Crippen LogP) is 2.56. The first-order valence-corrected chi connectivity index (χ1v) is 12.3. The van der Waals surface area contributed by atoms with Crippen molar-refractivity contribution in [2.75, 3.05) is 18.0 Å². The summed E-state index contributed by atoms with van der Waals surface area (Å²) in [5, 5.41) is 13.7. The molecule has 1 aliphatic rings. The second kappa shape index (κ2) is 9.71. The van der Waals surface area contributed by atoms with E-state index in [0.717, 1.165) is 0 Å². The summed E-state index contributed by atoms with van der Waals surface area (Å²) in [6, 6.07) is 13.0. The van der Waals surface area contributed by atoms with Crippen LogP contribution < -0.4 is 14.9 Å². The molecule has 2 amide bonds. The maximum Gasteiger partial charge on any atom is 0.414 e. The van der Waals surface area contributed by atoms with Gasteiger partial charge in [0.1, 0.15) is 11.9 Å². The molecule has 0 bridgehead atoms. The molecule has 0 saturated carbocycles. The lowest BCUT2D eigenvalue weighted by Gasteiger charge is -2.15. The first-order valence-electron chi connectivity index (χ1n) is 10.7. The van der Waals surface area contributed by atoms with Crippen LogP contribution in [0.5, 0.6) is 0 Å². The van der Waals surface area contributed by atoms with Crippen LogP contribution in [-0.4, -0.2) is 39.6 Å². The molecule has 9 nitrogen and oxygen atoms in total. The molecule has 2 aromatic carbocycles. The molecule has 182 valence electrons. The van der Waals surface area contributed by atoms with Crippen LogP contribution >= 0.6 is 0 Å². The van der Waals surface area contributed by atoms with Gasteiger partial charge in [0.05, 0.1) is 29.4 Å². The largest absolute Gasteiger partial charge is 0.619 e. The third-order valence-corrected chi connectivity index (χ3v) is 7.17. The number of halogens is 1. The maximum atomic E-state index is 14.9. The number of nitrogens with one attached hydrogen (secondary N) is 1. The van der Waals surface area contributed by atoms with E-state index in [1.165, 1.54) is 72.7 Å². The molecule has 4 rings (SSSR count). The van der Waals surface area contributed by atoms with Gasteiger partial charge in [-0.05, 0) is 41.5 Å². The molecule has 0 aliphatic carbocycles. The highest BCUT2D eigenvalue weighted by atomic mass is 32.2. The van der Waals surface area contributed by atoms with Gasteiger partial charge >= 0.3 is 6.09 Å². The second-order valence-electron chi connectivity index (χ2n) is 8.07. The van der Waals surface area contributed by atoms with Crippen LogP contribution in [-0.2, 0) is 25.1 Å². The summed E-state index contributed by atoms with van der Waals surface area (Å²) in [5.41, 5.74) is 1.49. The van der Waals surface area contributed by atoms with E-state index in [0.29, 0.717) is 21.5 Å². The van der Waals surface area contributed by atoms with Gasteiger partial charge in [-0.1, -0.05) is 12.1 Å². The number of carbonyl (C=O) groups excluding carboxylic acids is 2. The Morgan fingerprint density at radius 3 is 2.49 bits per heavy atom. The predicted molar refractivity (Wildman–Crippen MR) is 124 cm³/mol. The van der Waals surface area contributed by atoms with Crippen molar-refractivity contribution in [2.45, 2.75) is 23.7 Å². The fraction of sp³-hybridized carbons (Fsp3) is 0.208. The van der Waals surface area contributed by atoms with E-state index in [9.17, 15) is 27.6 Å². The number of aromatic nitrogens is 1. The highest BCUT2D eigenvalue weighted by Crippen LogP contribution is 2.30. The molecular weight excluding hydrogens is 477 g/mol. The number of carbonyl (C=O) groups is 2. The Bertz CT molecular complexity index is 1360. The van der Waals surface area contributed by atoms with Crippen LogP contribution in [0.4, 0.5) is 14.9 Å². The minimum absolute atomic E-state index is 0.0714. The third kappa shape index (κ3) is 5.57. The lowest BCUT2D eigenvalue weighted by atomic mass is 10.0. The number of sulfone groups is 1. The standard InChI is InChI=1S/C24H22FN3O6S/c1-16(29)26-13-20-14-28(24(30)34-20)19-4-7-22(23(25)12-19)18-2-5-21(6-3-18)35(32,33)15-17-8-10-27(31)11-9-17/h2-12,20H,13-15H2,1H3,(H,26,29)/t20-/m0/s1. The highest BCUT2D eigenvalue weighted by molar-refractivity contribution is 7.90. The van der Waals surface area contributed by atoms with Gasteiger partial charge in [-0.25, -0.2) is 17.6 Å². The summed E-state index contributed by atoms with van der Waals surface area (Å²) < 4.78 is 46.1. The zero-order valence-corrected chi connectivity index (χ0v) is 19.5. The van der Waals surface area contributed by atoms with E-state index < -0.39 is 27.9 Å². The lowest BCUT2D eigenvalue weighted by Crippen LogP contribution is -2.33.